The molecule has 1 aliphatic carbocycles. The highest BCUT2D eigenvalue weighted by Crippen LogP contribution is 2.35. The Hall–Kier alpha value is -0.870. The van der Waals surface area contributed by atoms with Crippen LogP contribution >= 0.6 is 0 Å². The van der Waals surface area contributed by atoms with E-state index >= 15 is 0 Å². The maximum atomic E-state index is 10.2. The zero-order valence-corrected chi connectivity index (χ0v) is 11.8. The molecular weight excluding hydrogens is 238 g/mol. The van der Waals surface area contributed by atoms with Crippen molar-refractivity contribution in [2.75, 3.05) is 6.54 Å². The number of likely N-dealkylation sites (tertiary alicyclic amines) is 1. The van der Waals surface area contributed by atoms with Gasteiger partial charge in [0.15, 0.2) is 0 Å². The lowest BCUT2D eigenvalue weighted by Crippen LogP contribution is -2.45. The van der Waals surface area contributed by atoms with Gasteiger partial charge in [0.05, 0.1) is 11.8 Å². The molecule has 2 aliphatic rings. The van der Waals surface area contributed by atoms with E-state index in [1.54, 1.807) is 0 Å². The fourth-order valence-electron chi connectivity index (χ4n) is 3.87. The Morgan fingerprint density at radius 1 is 1.26 bits per heavy atom. The topological polar surface area (TPSA) is 41.3 Å². The summed E-state index contributed by atoms with van der Waals surface area (Å²) in [5, 5.41) is 14.7. The van der Waals surface area contributed by atoms with Crippen molar-refractivity contribution in [1.29, 1.82) is 0 Å². The lowest BCUT2D eigenvalue weighted by molar-refractivity contribution is 0.0306. The number of piperidine rings is 1. The van der Waals surface area contributed by atoms with E-state index in [4.69, 9.17) is 0 Å². The molecule has 3 atom stereocenters. The molecule has 2 fully saturated rings. The standard InChI is InChI=1S/C15H25N3O/c1-17-10-8-12(16-17)11-18-9-3-2-6-14(18)13-5-4-7-15(13)19/h8,10,13-15,19H,2-7,9,11H2,1H3. The predicted molar refractivity (Wildman–Crippen MR) is 74.6 cm³/mol. The van der Waals surface area contributed by atoms with Crippen molar-refractivity contribution in [2.24, 2.45) is 13.0 Å². The molecule has 19 heavy (non-hydrogen) atoms. The van der Waals surface area contributed by atoms with Crippen LogP contribution in [0.1, 0.15) is 44.2 Å². The molecule has 0 spiro atoms. The summed E-state index contributed by atoms with van der Waals surface area (Å²) in [5.41, 5.74) is 1.15. The largest absolute Gasteiger partial charge is 0.393 e. The second-order valence-electron chi connectivity index (χ2n) is 6.18. The number of hydrogen-bond donors (Lipinski definition) is 1. The minimum absolute atomic E-state index is 0.0747. The first-order valence-electron chi connectivity index (χ1n) is 7.64. The van der Waals surface area contributed by atoms with Gasteiger partial charge in [-0.15, -0.1) is 0 Å². The highest BCUT2D eigenvalue weighted by atomic mass is 16.3. The van der Waals surface area contributed by atoms with E-state index in [0.717, 1.165) is 25.2 Å². The van der Waals surface area contributed by atoms with Crippen LogP contribution in [0.15, 0.2) is 12.3 Å². The first kappa shape index (κ1) is 13.1. The van der Waals surface area contributed by atoms with Gasteiger partial charge in [-0.2, -0.15) is 5.10 Å². The van der Waals surface area contributed by atoms with E-state index in [9.17, 15) is 5.11 Å². The number of rotatable bonds is 3. The molecule has 0 radical (unpaired) electrons. The monoisotopic (exact) mass is 263 g/mol. The van der Waals surface area contributed by atoms with Crippen LogP contribution in [-0.4, -0.2) is 38.5 Å². The van der Waals surface area contributed by atoms with E-state index in [-0.39, 0.29) is 6.10 Å². The van der Waals surface area contributed by atoms with Crippen molar-refractivity contribution < 1.29 is 5.11 Å². The summed E-state index contributed by atoms with van der Waals surface area (Å²) in [6.07, 6.45) is 9.17. The van der Waals surface area contributed by atoms with E-state index in [1.165, 1.54) is 32.1 Å². The minimum atomic E-state index is -0.0747. The molecule has 1 aromatic heterocycles. The molecule has 3 rings (SSSR count). The van der Waals surface area contributed by atoms with Gasteiger partial charge >= 0.3 is 0 Å². The van der Waals surface area contributed by atoms with Crippen LogP contribution in [0.25, 0.3) is 0 Å². The molecule has 4 heteroatoms. The Balaban J connectivity index is 1.70. The van der Waals surface area contributed by atoms with E-state index in [1.807, 2.05) is 17.9 Å². The third-order valence-corrected chi connectivity index (χ3v) is 4.82. The lowest BCUT2D eigenvalue weighted by atomic mass is 9.87. The first-order valence-corrected chi connectivity index (χ1v) is 7.64. The fraction of sp³-hybridized carbons (Fsp3) is 0.800. The summed E-state index contributed by atoms with van der Waals surface area (Å²) in [5.74, 6) is 0.490. The second kappa shape index (κ2) is 5.63. The van der Waals surface area contributed by atoms with Gasteiger partial charge in [0, 0.05) is 31.7 Å². The molecule has 1 saturated carbocycles. The summed E-state index contributed by atoms with van der Waals surface area (Å²) in [4.78, 5) is 2.56. The van der Waals surface area contributed by atoms with Crippen molar-refractivity contribution in [1.82, 2.24) is 14.7 Å². The molecule has 1 saturated heterocycles. The Morgan fingerprint density at radius 2 is 2.16 bits per heavy atom. The van der Waals surface area contributed by atoms with Gasteiger partial charge in [-0.25, -0.2) is 0 Å². The number of aliphatic hydroxyl groups excluding tert-OH is 1. The van der Waals surface area contributed by atoms with Crippen LogP contribution in [0.2, 0.25) is 0 Å². The number of nitrogens with zero attached hydrogens (tertiary/aromatic N) is 3. The summed E-state index contributed by atoms with van der Waals surface area (Å²) in [7, 11) is 1.97. The molecule has 1 N–H and O–H groups in total. The molecule has 0 bridgehead atoms. The minimum Gasteiger partial charge on any atom is -0.393 e. The van der Waals surface area contributed by atoms with Crippen molar-refractivity contribution in [3.8, 4) is 0 Å². The normalized spacial score (nSPS) is 32.8. The average Bonchev–Trinajstić information content (AvgIpc) is 2.99. The van der Waals surface area contributed by atoms with Crippen LogP contribution in [0.3, 0.4) is 0 Å². The molecule has 3 unspecified atom stereocenters. The Morgan fingerprint density at radius 3 is 2.84 bits per heavy atom. The fourth-order valence-corrected chi connectivity index (χ4v) is 3.87. The maximum Gasteiger partial charge on any atom is 0.0764 e. The van der Waals surface area contributed by atoms with Gasteiger partial charge in [-0.3, -0.25) is 9.58 Å². The smallest absolute Gasteiger partial charge is 0.0764 e. The van der Waals surface area contributed by atoms with Gasteiger partial charge in [-0.05, 0) is 38.3 Å². The van der Waals surface area contributed by atoms with E-state index in [0.29, 0.717) is 12.0 Å². The average molecular weight is 263 g/mol. The number of aryl methyl sites for hydroxylation is 1. The van der Waals surface area contributed by atoms with Crippen LogP contribution in [0, 0.1) is 5.92 Å². The Bertz CT molecular complexity index is 417. The number of aromatic nitrogens is 2. The van der Waals surface area contributed by atoms with Gasteiger partial charge in [0.25, 0.3) is 0 Å². The summed E-state index contributed by atoms with van der Waals surface area (Å²) >= 11 is 0. The SMILES string of the molecule is Cn1ccc(CN2CCCCC2C2CCCC2O)n1. The zero-order valence-electron chi connectivity index (χ0n) is 11.8. The predicted octanol–water partition coefficient (Wildman–Crippen LogP) is 1.94. The molecule has 1 aliphatic heterocycles. The highest BCUT2D eigenvalue weighted by Gasteiger charge is 2.36. The number of aliphatic hydroxyl groups is 1. The Kier molecular flexibility index (Phi) is 3.89. The van der Waals surface area contributed by atoms with Crippen LogP contribution in [0.5, 0.6) is 0 Å². The quantitative estimate of drug-likeness (QED) is 0.906. The molecule has 0 amide bonds. The van der Waals surface area contributed by atoms with Crippen LogP contribution < -0.4 is 0 Å². The maximum absolute atomic E-state index is 10.2. The zero-order chi connectivity index (χ0) is 13.2. The molecule has 2 heterocycles. The molecule has 0 aromatic carbocycles. The van der Waals surface area contributed by atoms with Crippen molar-refractivity contribution >= 4 is 0 Å². The summed E-state index contributed by atoms with van der Waals surface area (Å²) in [6, 6.07) is 2.67. The van der Waals surface area contributed by atoms with Crippen molar-refractivity contribution in [3.05, 3.63) is 18.0 Å². The van der Waals surface area contributed by atoms with E-state index < -0.39 is 0 Å². The van der Waals surface area contributed by atoms with Crippen molar-refractivity contribution in [3.63, 3.8) is 0 Å². The summed E-state index contributed by atoms with van der Waals surface area (Å²) < 4.78 is 1.87. The summed E-state index contributed by atoms with van der Waals surface area (Å²) in [6.45, 7) is 2.10. The third kappa shape index (κ3) is 2.84. The number of hydrogen-bond acceptors (Lipinski definition) is 3. The van der Waals surface area contributed by atoms with Gasteiger partial charge < -0.3 is 5.11 Å². The van der Waals surface area contributed by atoms with E-state index in [2.05, 4.69) is 16.1 Å². The highest BCUT2D eigenvalue weighted by molar-refractivity contribution is 5.00. The molecule has 106 valence electrons. The molecular formula is C15H25N3O. The first-order chi connectivity index (χ1) is 9.24. The third-order valence-electron chi connectivity index (χ3n) is 4.82. The van der Waals surface area contributed by atoms with Crippen molar-refractivity contribution in [2.45, 2.75) is 57.2 Å². The second-order valence-corrected chi connectivity index (χ2v) is 6.18. The van der Waals surface area contributed by atoms with Crippen LogP contribution in [0.4, 0.5) is 0 Å². The molecule has 4 nitrogen and oxygen atoms in total. The Labute approximate surface area is 115 Å². The molecule has 1 aromatic rings. The van der Waals surface area contributed by atoms with Gasteiger partial charge in [0.1, 0.15) is 0 Å². The van der Waals surface area contributed by atoms with Gasteiger partial charge in [-0.1, -0.05) is 12.8 Å². The lowest BCUT2D eigenvalue weighted by Gasteiger charge is -2.40. The van der Waals surface area contributed by atoms with Gasteiger partial charge in [0.2, 0.25) is 0 Å². The van der Waals surface area contributed by atoms with Crippen LogP contribution in [-0.2, 0) is 13.6 Å².